The van der Waals surface area contributed by atoms with Crippen molar-refractivity contribution in [2.45, 2.75) is 39.3 Å². The molecule has 0 fully saturated rings. The molecule has 11 heteroatoms. The Kier molecular flexibility index (Phi) is 6.44. The van der Waals surface area contributed by atoms with Crippen molar-refractivity contribution in [3.63, 3.8) is 0 Å². The van der Waals surface area contributed by atoms with Gasteiger partial charge in [0.25, 0.3) is 5.91 Å². The summed E-state index contributed by atoms with van der Waals surface area (Å²) in [5, 5.41) is 2.99. The molecule has 1 aliphatic rings. The van der Waals surface area contributed by atoms with Crippen molar-refractivity contribution in [3.05, 3.63) is 76.1 Å². The van der Waals surface area contributed by atoms with Gasteiger partial charge in [0, 0.05) is 35.0 Å². The highest BCUT2D eigenvalue weighted by Gasteiger charge is 2.32. The van der Waals surface area contributed by atoms with Gasteiger partial charge < -0.3 is 10.2 Å². The molecule has 3 aromatic rings. The fraction of sp³-hybridized carbons (Fsp3) is 0.292. The zero-order chi connectivity index (χ0) is 25.5. The molecule has 0 spiro atoms. The molecule has 35 heavy (non-hydrogen) atoms. The van der Waals surface area contributed by atoms with Gasteiger partial charge in [0.15, 0.2) is 0 Å². The summed E-state index contributed by atoms with van der Waals surface area (Å²) in [6, 6.07) is 3.44. The van der Waals surface area contributed by atoms with E-state index in [-0.39, 0.29) is 11.5 Å². The lowest BCUT2D eigenvalue weighted by Crippen LogP contribution is -2.22. The number of rotatable bonds is 6. The largest absolute Gasteiger partial charge is 0.416 e. The molecule has 5 nitrogen and oxygen atoms in total. The summed E-state index contributed by atoms with van der Waals surface area (Å²) in [5.74, 6) is -1.73. The van der Waals surface area contributed by atoms with Crippen LogP contribution < -0.4 is 5.32 Å². The van der Waals surface area contributed by atoms with Crippen LogP contribution in [-0.2, 0) is 19.4 Å². The van der Waals surface area contributed by atoms with Crippen LogP contribution in [0.15, 0.2) is 36.5 Å². The molecule has 1 aromatic carbocycles. The molecule has 3 heterocycles. The number of alkyl halides is 4. The summed E-state index contributed by atoms with van der Waals surface area (Å²) in [5.41, 5.74) is -1.82. The number of pyridine rings is 2. The fourth-order valence-electron chi connectivity index (χ4n) is 4.00. The highest BCUT2D eigenvalue weighted by atomic mass is 19.4. The zero-order valence-corrected chi connectivity index (χ0v) is 18.7. The molecule has 0 saturated heterocycles. The minimum atomic E-state index is -4.81. The van der Waals surface area contributed by atoms with Gasteiger partial charge in [0.05, 0.1) is 29.5 Å². The second-order valence-electron chi connectivity index (χ2n) is 8.09. The van der Waals surface area contributed by atoms with Crippen LogP contribution in [0.3, 0.4) is 0 Å². The molecule has 1 atom stereocenters. The number of benzene rings is 1. The number of anilines is 1. The van der Waals surface area contributed by atoms with Crippen molar-refractivity contribution in [2.24, 2.45) is 0 Å². The van der Waals surface area contributed by atoms with Crippen molar-refractivity contribution in [2.75, 3.05) is 11.9 Å². The van der Waals surface area contributed by atoms with E-state index in [1.165, 1.54) is 6.20 Å². The minimum absolute atomic E-state index is 0.111. The van der Waals surface area contributed by atoms with Gasteiger partial charge in [-0.25, -0.2) is 23.1 Å². The van der Waals surface area contributed by atoms with E-state index < -0.39 is 53.0 Å². The van der Waals surface area contributed by atoms with Crippen LogP contribution in [0, 0.1) is 11.6 Å². The van der Waals surface area contributed by atoms with Crippen LogP contribution in [0.2, 0.25) is 0 Å². The molecule has 0 radical (unpaired) electrons. The molecule has 4 rings (SSSR count). The number of carbonyl (C=O) groups is 1. The summed E-state index contributed by atoms with van der Waals surface area (Å²) >= 11 is 0. The highest BCUT2D eigenvalue weighted by Crippen LogP contribution is 2.35. The number of aromatic nitrogens is 2. The van der Waals surface area contributed by atoms with E-state index in [1.807, 2.05) is 6.92 Å². The lowest BCUT2D eigenvalue weighted by atomic mass is 10.0. The van der Waals surface area contributed by atoms with E-state index in [2.05, 4.69) is 15.3 Å². The standard InChI is InChI=1S/C24H20F6N4O/c1-3-34-11-18-15(23(34)35)4-5-31-22(18)32-12(2)16-8-20(27)17(9-19(16)26)21-7-13(24(28,29)30)6-14(10-25)33-21/h4-9,12H,3,10-11H2,1-2H3,(H,31,32). The molecular formula is C24H20F6N4O. The second kappa shape index (κ2) is 9.20. The van der Waals surface area contributed by atoms with Crippen LogP contribution in [0.25, 0.3) is 11.3 Å². The van der Waals surface area contributed by atoms with Gasteiger partial charge >= 0.3 is 6.18 Å². The maximum Gasteiger partial charge on any atom is 0.416 e. The summed E-state index contributed by atoms with van der Waals surface area (Å²) < 4.78 is 82.6. The van der Waals surface area contributed by atoms with E-state index >= 15 is 4.39 Å². The van der Waals surface area contributed by atoms with Crippen LogP contribution >= 0.6 is 0 Å². The first kappa shape index (κ1) is 24.5. The van der Waals surface area contributed by atoms with Gasteiger partial charge in [0.2, 0.25) is 0 Å². The first-order valence-electron chi connectivity index (χ1n) is 10.7. The molecule has 0 aliphatic carbocycles. The van der Waals surface area contributed by atoms with Crippen molar-refractivity contribution < 1.29 is 31.1 Å². The van der Waals surface area contributed by atoms with Crippen molar-refractivity contribution in [3.8, 4) is 11.3 Å². The Bertz CT molecular complexity index is 1290. The van der Waals surface area contributed by atoms with E-state index in [1.54, 1.807) is 17.9 Å². The van der Waals surface area contributed by atoms with Gasteiger partial charge in [0.1, 0.15) is 24.1 Å². The number of hydrogen-bond donors (Lipinski definition) is 1. The molecule has 1 N–H and O–H groups in total. The fourth-order valence-corrected chi connectivity index (χ4v) is 4.00. The van der Waals surface area contributed by atoms with Gasteiger partial charge in [-0.15, -0.1) is 0 Å². The van der Waals surface area contributed by atoms with Gasteiger partial charge in [-0.05, 0) is 44.2 Å². The van der Waals surface area contributed by atoms with E-state index in [4.69, 9.17) is 0 Å². The van der Waals surface area contributed by atoms with Crippen LogP contribution in [0.4, 0.5) is 32.2 Å². The number of halogens is 6. The predicted octanol–water partition coefficient (Wildman–Crippen LogP) is 6.06. The zero-order valence-electron chi connectivity index (χ0n) is 18.7. The second-order valence-corrected chi connectivity index (χ2v) is 8.09. The van der Waals surface area contributed by atoms with Crippen molar-refractivity contribution >= 4 is 11.7 Å². The van der Waals surface area contributed by atoms with Gasteiger partial charge in [-0.2, -0.15) is 13.2 Å². The van der Waals surface area contributed by atoms with Gasteiger partial charge in [-0.1, -0.05) is 0 Å². The monoisotopic (exact) mass is 494 g/mol. The Hall–Kier alpha value is -3.63. The Balaban J connectivity index is 1.67. The highest BCUT2D eigenvalue weighted by molar-refractivity contribution is 5.99. The third-order valence-electron chi connectivity index (χ3n) is 5.83. The number of fused-ring (bicyclic) bond motifs is 1. The SMILES string of the molecule is CCN1Cc2c(ccnc2NC(C)c2cc(F)c(-c3cc(C(F)(F)F)cc(CF)n3)cc2F)C1=O. The van der Waals surface area contributed by atoms with Crippen molar-refractivity contribution in [1.82, 2.24) is 14.9 Å². The summed E-state index contributed by atoms with van der Waals surface area (Å²) in [6.45, 7) is 2.91. The van der Waals surface area contributed by atoms with Gasteiger partial charge in [-0.3, -0.25) is 4.79 Å². The average molecular weight is 494 g/mol. The number of nitrogens with zero attached hydrogens (tertiary/aromatic N) is 3. The maximum absolute atomic E-state index is 15.0. The lowest BCUT2D eigenvalue weighted by Gasteiger charge is -2.19. The number of carbonyl (C=O) groups excluding carboxylic acids is 1. The van der Waals surface area contributed by atoms with Crippen LogP contribution in [0.1, 0.15) is 52.6 Å². The lowest BCUT2D eigenvalue weighted by molar-refractivity contribution is -0.137. The third kappa shape index (κ3) is 4.67. The number of nitrogens with one attached hydrogen (secondary N) is 1. The average Bonchev–Trinajstić information content (AvgIpc) is 3.16. The molecule has 0 bridgehead atoms. The van der Waals surface area contributed by atoms with Crippen molar-refractivity contribution in [1.29, 1.82) is 0 Å². The number of hydrogen-bond acceptors (Lipinski definition) is 4. The maximum atomic E-state index is 15.0. The molecule has 184 valence electrons. The Morgan fingerprint density at radius 3 is 2.51 bits per heavy atom. The van der Waals surface area contributed by atoms with E-state index in [9.17, 15) is 26.7 Å². The molecule has 1 amide bonds. The predicted molar refractivity (Wildman–Crippen MR) is 116 cm³/mol. The van der Waals surface area contributed by atoms with E-state index in [0.717, 1.165) is 12.1 Å². The Labute approximate surface area is 196 Å². The first-order valence-corrected chi connectivity index (χ1v) is 10.7. The molecular weight excluding hydrogens is 474 g/mol. The smallest absolute Gasteiger partial charge is 0.363 e. The quantitative estimate of drug-likeness (QED) is 0.424. The topological polar surface area (TPSA) is 58.1 Å². The Morgan fingerprint density at radius 2 is 1.86 bits per heavy atom. The molecule has 0 saturated carbocycles. The molecule has 1 unspecified atom stereocenters. The van der Waals surface area contributed by atoms with Crippen LogP contribution in [0.5, 0.6) is 0 Å². The summed E-state index contributed by atoms with van der Waals surface area (Å²) in [6.07, 6.45) is -3.38. The Morgan fingerprint density at radius 1 is 1.11 bits per heavy atom. The van der Waals surface area contributed by atoms with E-state index in [0.29, 0.717) is 42.2 Å². The third-order valence-corrected chi connectivity index (χ3v) is 5.83. The van der Waals surface area contributed by atoms with Crippen LogP contribution in [-0.4, -0.2) is 27.3 Å². The summed E-state index contributed by atoms with van der Waals surface area (Å²) in [7, 11) is 0. The number of amides is 1. The molecule has 1 aliphatic heterocycles. The normalized spacial score (nSPS) is 14.3. The first-order chi connectivity index (χ1) is 16.5. The summed E-state index contributed by atoms with van der Waals surface area (Å²) in [4.78, 5) is 21.9. The molecule has 2 aromatic heterocycles. The minimum Gasteiger partial charge on any atom is -0.363 e.